The van der Waals surface area contributed by atoms with Crippen molar-refractivity contribution in [1.82, 2.24) is 4.98 Å². The number of hydrogen-bond donors (Lipinski definition) is 1. The van der Waals surface area contributed by atoms with Gasteiger partial charge in [-0.25, -0.2) is 4.98 Å². The maximum Gasteiger partial charge on any atom is 0.257 e. The van der Waals surface area contributed by atoms with E-state index in [1.807, 2.05) is 55.9 Å². The van der Waals surface area contributed by atoms with Gasteiger partial charge in [0.25, 0.3) is 5.91 Å². The van der Waals surface area contributed by atoms with Crippen LogP contribution in [0.5, 0.6) is 0 Å². The van der Waals surface area contributed by atoms with Crippen LogP contribution in [-0.4, -0.2) is 10.9 Å². The second-order valence-electron chi connectivity index (χ2n) is 5.85. The minimum absolute atomic E-state index is 0.0977. The summed E-state index contributed by atoms with van der Waals surface area (Å²) in [7, 11) is 0. The van der Waals surface area contributed by atoms with Crippen molar-refractivity contribution >= 4 is 34.1 Å². The third-order valence-electron chi connectivity index (χ3n) is 4.05. The zero-order valence-corrected chi connectivity index (χ0v) is 15.1. The van der Waals surface area contributed by atoms with Crippen LogP contribution in [0.25, 0.3) is 11.3 Å². The topological polar surface area (TPSA) is 42.0 Å². The van der Waals surface area contributed by atoms with Crippen molar-refractivity contribution in [2.24, 2.45) is 0 Å². The lowest BCUT2D eigenvalue weighted by Gasteiger charge is -2.13. The molecule has 120 valence electrons. The Morgan fingerprint density at radius 3 is 2.83 bits per heavy atom. The summed E-state index contributed by atoms with van der Waals surface area (Å²) in [5.74, 6) is 0.809. The molecule has 0 bridgehead atoms. The van der Waals surface area contributed by atoms with Crippen LogP contribution >= 0.6 is 23.1 Å². The molecular formula is C19H16N2OS2. The van der Waals surface area contributed by atoms with Crippen LogP contribution in [0.3, 0.4) is 0 Å². The van der Waals surface area contributed by atoms with E-state index >= 15 is 0 Å². The molecule has 0 unspecified atom stereocenters. The standard InChI is InChI=1S/C19H16N2OS2/c1-11-7-8-13(12(2)9-11)18(22)21-19-20-17-14-5-3-4-6-15(14)23-10-16(17)24-19/h3-9H,10H2,1-2H3,(H,20,21,22). The zero-order chi connectivity index (χ0) is 16.7. The van der Waals surface area contributed by atoms with Gasteiger partial charge < -0.3 is 0 Å². The molecule has 0 saturated heterocycles. The molecule has 1 aliphatic heterocycles. The van der Waals surface area contributed by atoms with Crippen LogP contribution in [0.15, 0.2) is 47.4 Å². The summed E-state index contributed by atoms with van der Waals surface area (Å²) in [6.45, 7) is 3.99. The summed E-state index contributed by atoms with van der Waals surface area (Å²) < 4.78 is 0. The number of aryl methyl sites for hydroxylation is 2. The number of rotatable bonds is 2. The molecule has 1 amide bonds. The number of nitrogens with one attached hydrogen (secondary N) is 1. The summed E-state index contributed by atoms with van der Waals surface area (Å²) >= 11 is 3.39. The summed E-state index contributed by atoms with van der Waals surface area (Å²) in [4.78, 5) is 19.7. The average molecular weight is 352 g/mol. The molecule has 2 aromatic carbocycles. The molecule has 0 atom stereocenters. The van der Waals surface area contributed by atoms with E-state index in [4.69, 9.17) is 0 Å². The number of benzene rings is 2. The number of aromatic nitrogens is 1. The predicted octanol–water partition coefficient (Wildman–Crippen LogP) is 5.28. The normalized spacial score (nSPS) is 12.4. The predicted molar refractivity (Wildman–Crippen MR) is 101 cm³/mol. The van der Waals surface area contributed by atoms with E-state index in [0.29, 0.717) is 10.7 Å². The minimum atomic E-state index is -0.0977. The Bertz CT molecular complexity index is 946. The number of fused-ring (bicyclic) bond motifs is 3. The van der Waals surface area contributed by atoms with Crippen LogP contribution in [0.1, 0.15) is 26.4 Å². The number of nitrogens with zero attached hydrogens (tertiary/aromatic N) is 1. The quantitative estimate of drug-likeness (QED) is 0.682. The first kappa shape index (κ1) is 15.4. The Morgan fingerprint density at radius 1 is 1.17 bits per heavy atom. The molecule has 1 aromatic heterocycles. The van der Waals surface area contributed by atoms with E-state index in [9.17, 15) is 4.79 Å². The first-order chi connectivity index (χ1) is 11.6. The third-order valence-corrected chi connectivity index (χ3v) is 6.30. The smallest absolute Gasteiger partial charge is 0.257 e. The second-order valence-corrected chi connectivity index (χ2v) is 7.95. The van der Waals surface area contributed by atoms with Gasteiger partial charge in [-0.3, -0.25) is 10.1 Å². The lowest BCUT2D eigenvalue weighted by molar-refractivity contribution is 0.102. The number of hydrogen-bond acceptors (Lipinski definition) is 4. The molecule has 1 N–H and O–H groups in total. The maximum absolute atomic E-state index is 12.6. The Morgan fingerprint density at radius 2 is 2.00 bits per heavy atom. The Hall–Kier alpha value is -2.11. The highest BCUT2D eigenvalue weighted by Crippen LogP contribution is 2.44. The SMILES string of the molecule is Cc1ccc(C(=O)Nc2nc3c(s2)CSc2ccccc2-3)c(C)c1. The minimum Gasteiger partial charge on any atom is -0.298 e. The summed E-state index contributed by atoms with van der Waals surface area (Å²) in [6.07, 6.45) is 0. The summed E-state index contributed by atoms with van der Waals surface area (Å²) in [5.41, 5.74) is 5.00. The number of carbonyl (C=O) groups excluding carboxylic acids is 1. The number of amides is 1. The van der Waals surface area contributed by atoms with E-state index < -0.39 is 0 Å². The molecule has 1 aliphatic rings. The number of thioether (sulfide) groups is 1. The van der Waals surface area contributed by atoms with Gasteiger partial charge in [-0.2, -0.15) is 0 Å². The molecule has 0 fully saturated rings. The highest BCUT2D eigenvalue weighted by atomic mass is 32.2. The van der Waals surface area contributed by atoms with Crippen molar-refractivity contribution in [2.45, 2.75) is 24.5 Å². The largest absolute Gasteiger partial charge is 0.298 e. The van der Waals surface area contributed by atoms with Gasteiger partial charge >= 0.3 is 0 Å². The molecule has 5 heteroatoms. The molecule has 0 radical (unpaired) electrons. The third kappa shape index (κ3) is 2.74. The van der Waals surface area contributed by atoms with Gasteiger partial charge in [-0.05, 0) is 31.5 Å². The molecule has 2 heterocycles. The molecular weight excluding hydrogens is 336 g/mol. The summed E-state index contributed by atoms with van der Waals surface area (Å²) in [6, 6.07) is 14.1. The van der Waals surface area contributed by atoms with E-state index in [1.54, 1.807) is 11.3 Å². The van der Waals surface area contributed by atoms with Crippen LogP contribution in [0.2, 0.25) is 0 Å². The molecule has 3 nitrogen and oxygen atoms in total. The van der Waals surface area contributed by atoms with Gasteiger partial charge in [0, 0.05) is 26.7 Å². The molecule has 0 saturated carbocycles. The highest BCUT2D eigenvalue weighted by Gasteiger charge is 2.22. The van der Waals surface area contributed by atoms with Crippen molar-refractivity contribution in [3.63, 3.8) is 0 Å². The van der Waals surface area contributed by atoms with Gasteiger partial charge in [0.15, 0.2) is 5.13 Å². The van der Waals surface area contributed by atoms with E-state index in [1.165, 1.54) is 9.77 Å². The van der Waals surface area contributed by atoms with Gasteiger partial charge in [-0.15, -0.1) is 23.1 Å². The van der Waals surface area contributed by atoms with Gasteiger partial charge in [-0.1, -0.05) is 35.9 Å². The van der Waals surface area contributed by atoms with Crippen molar-refractivity contribution in [2.75, 3.05) is 5.32 Å². The molecule has 0 aliphatic carbocycles. The monoisotopic (exact) mass is 352 g/mol. The molecule has 0 spiro atoms. The average Bonchev–Trinajstić information content (AvgIpc) is 2.97. The van der Waals surface area contributed by atoms with E-state index in [2.05, 4.69) is 22.4 Å². The molecule has 4 rings (SSSR count). The van der Waals surface area contributed by atoms with E-state index in [-0.39, 0.29) is 5.91 Å². The zero-order valence-electron chi connectivity index (χ0n) is 13.4. The van der Waals surface area contributed by atoms with Crippen LogP contribution in [0, 0.1) is 13.8 Å². The Balaban J connectivity index is 1.63. The van der Waals surface area contributed by atoms with Crippen molar-refractivity contribution in [3.05, 3.63) is 64.0 Å². The van der Waals surface area contributed by atoms with Crippen LogP contribution in [0.4, 0.5) is 5.13 Å². The van der Waals surface area contributed by atoms with Crippen molar-refractivity contribution in [3.8, 4) is 11.3 Å². The number of carbonyl (C=O) groups is 1. The Kier molecular flexibility index (Phi) is 3.90. The van der Waals surface area contributed by atoms with Gasteiger partial charge in [0.05, 0.1) is 5.69 Å². The Labute approximate surface area is 149 Å². The van der Waals surface area contributed by atoms with Crippen molar-refractivity contribution in [1.29, 1.82) is 0 Å². The second kappa shape index (κ2) is 6.07. The van der Waals surface area contributed by atoms with Crippen molar-refractivity contribution < 1.29 is 4.79 Å². The maximum atomic E-state index is 12.6. The molecule has 3 aromatic rings. The fourth-order valence-corrected chi connectivity index (χ4v) is 4.97. The lowest BCUT2D eigenvalue weighted by atomic mass is 10.1. The molecule has 24 heavy (non-hydrogen) atoms. The highest BCUT2D eigenvalue weighted by molar-refractivity contribution is 7.98. The summed E-state index contributed by atoms with van der Waals surface area (Å²) in [5, 5.41) is 3.63. The first-order valence-electron chi connectivity index (χ1n) is 7.72. The van der Waals surface area contributed by atoms with Gasteiger partial charge in [0.2, 0.25) is 0 Å². The first-order valence-corrected chi connectivity index (χ1v) is 9.52. The fourth-order valence-electron chi connectivity index (χ4n) is 2.88. The van der Waals surface area contributed by atoms with E-state index in [0.717, 1.165) is 28.1 Å². The van der Waals surface area contributed by atoms with Crippen LogP contribution < -0.4 is 5.32 Å². The lowest BCUT2D eigenvalue weighted by Crippen LogP contribution is -2.13. The number of anilines is 1. The van der Waals surface area contributed by atoms with Gasteiger partial charge in [0.1, 0.15) is 0 Å². The van der Waals surface area contributed by atoms with Crippen LogP contribution in [-0.2, 0) is 5.75 Å². The number of thiazole rings is 1. The fraction of sp³-hybridized carbons (Fsp3) is 0.158.